The Hall–Kier alpha value is -3.26. The molecule has 0 radical (unpaired) electrons. The summed E-state index contributed by atoms with van der Waals surface area (Å²) in [5.41, 5.74) is -1.74. The number of carbonyl (C=O) groups is 1. The first-order valence-corrected chi connectivity index (χ1v) is 17.5. The Morgan fingerprint density at radius 3 is 2.67 bits per heavy atom. The number of aromatic nitrogens is 4. The molecule has 0 aliphatic carbocycles. The molecular formula is C31H40FN6O6PS. The van der Waals surface area contributed by atoms with E-state index in [2.05, 4.69) is 25.4 Å². The maximum Gasteiger partial charge on any atom is 0.323 e. The Balaban J connectivity index is 1.40. The Bertz CT molecular complexity index is 1780. The fourth-order valence-electron chi connectivity index (χ4n) is 5.09. The molecule has 12 nitrogen and oxygen atoms in total. The molecular weight excluding hydrogens is 634 g/mol. The number of ether oxygens (including phenoxy) is 2. The van der Waals surface area contributed by atoms with Gasteiger partial charge in [-0.1, -0.05) is 57.2 Å². The number of hydrogen-bond acceptors (Lipinski definition) is 11. The summed E-state index contributed by atoms with van der Waals surface area (Å²) in [7, 11) is 1.70. The number of benzene rings is 2. The van der Waals surface area contributed by atoms with Crippen LogP contribution in [0.1, 0.15) is 46.7 Å². The molecule has 2 aromatic carbocycles. The SMILES string of the molecule is CNc1nc(C)nc2c1ncn2[C@@H]1O[C@H](CO[P@@](=S)(N[C@@H](C)C(=O)OCC(C)(C)C)Oc2cccc3ccccc23)[C@@H](O)[C@@]1(C)F. The highest BCUT2D eigenvalue weighted by Gasteiger charge is 2.56. The van der Waals surface area contributed by atoms with Gasteiger partial charge in [0.15, 0.2) is 28.9 Å². The van der Waals surface area contributed by atoms with Crippen LogP contribution in [0, 0.1) is 12.3 Å². The first kappa shape index (κ1) is 34.1. The van der Waals surface area contributed by atoms with Gasteiger partial charge in [0.25, 0.3) is 0 Å². The molecule has 1 fully saturated rings. The fraction of sp³-hybridized carbons (Fsp3) is 0.484. The summed E-state index contributed by atoms with van der Waals surface area (Å²) in [4.78, 5) is 26.1. The number of aliphatic hydroxyl groups excluding tert-OH is 1. The van der Waals surface area contributed by atoms with E-state index in [-0.39, 0.29) is 18.6 Å². The minimum Gasteiger partial charge on any atom is -0.464 e. The maximum absolute atomic E-state index is 16.3. The summed E-state index contributed by atoms with van der Waals surface area (Å²) in [6.07, 6.45) is -2.67. The van der Waals surface area contributed by atoms with Gasteiger partial charge in [-0.3, -0.25) is 9.36 Å². The summed E-state index contributed by atoms with van der Waals surface area (Å²) in [5.74, 6) is 0.830. The van der Waals surface area contributed by atoms with Crippen molar-refractivity contribution in [3.8, 4) is 5.75 Å². The lowest BCUT2D eigenvalue weighted by atomic mass is 9.98. The molecule has 1 aliphatic rings. The molecule has 6 atom stereocenters. The van der Waals surface area contributed by atoms with Gasteiger partial charge in [-0.15, -0.1) is 0 Å². The van der Waals surface area contributed by atoms with Crippen LogP contribution in [0.3, 0.4) is 0 Å². The average Bonchev–Trinajstić information content (AvgIpc) is 3.51. The molecule has 3 N–H and O–H groups in total. The van der Waals surface area contributed by atoms with Gasteiger partial charge in [-0.05, 0) is 49.4 Å². The number of esters is 1. The zero-order valence-corrected chi connectivity index (χ0v) is 28.6. The van der Waals surface area contributed by atoms with E-state index in [0.29, 0.717) is 28.6 Å². The van der Waals surface area contributed by atoms with Crippen LogP contribution in [0.15, 0.2) is 48.8 Å². The fourth-order valence-corrected chi connectivity index (χ4v) is 7.51. The second kappa shape index (κ2) is 13.1. The number of carbonyl (C=O) groups excluding carboxylic acids is 1. The standard InChI is InChI=1S/C31H40FN6O6PS/c1-18(28(40)41-16-30(3,4)5)37-45(46,44-22-14-10-12-20-11-8-9-13-21(20)22)42-15-23-25(39)31(6,32)29(43-23)38-17-34-24-26(33-7)35-19(2)36-27(24)38/h8-14,17-18,23,25,29,39H,15-16H2,1-7H3,(H,37,46)(H,33,35,36)/t18-,23+,25+,29+,31+,45-/m0/s1. The van der Waals surface area contributed by atoms with Crippen molar-refractivity contribution in [3.63, 3.8) is 0 Å². The minimum absolute atomic E-state index is 0.202. The van der Waals surface area contributed by atoms with Crippen LogP contribution < -0.4 is 14.9 Å². The van der Waals surface area contributed by atoms with E-state index < -0.39 is 42.8 Å². The maximum atomic E-state index is 16.3. The third kappa shape index (κ3) is 7.17. The summed E-state index contributed by atoms with van der Waals surface area (Å²) in [6, 6.07) is 12.2. The molecule has 15 heteroatoms. The van der Waals surface area contributed by atoms with Crippen LogP contribution in [0.2, 0.25) is 0 Å². The van der Waals surface area contributed by atoms with E-state index in [1.54, 1.807) is 27.0 Å². The van der Waals surface area contributed by atoms with Gasteiger partial charge in [0.2, 0.25) is 0 Å². The zero-order valence-electron chi connectivity index (χ0n) is 26.9. The van der Waals surface area contributed by atoms with Crippen LogP contribution in [0.4, 0.5) is 10.2 Å². The van der Waals surface area contributed by atoms with E-state index in [1.807, 2.05) is 57.2 Å². The summed E-state index contributed by atoms with van der Waals surface area (Å²) < 4.78 is 41.8. The van der Waals surface area contributed by atoms with Crippen molar-refractivity contribution >= 4 is 52.2 Å². The number of halogens is 1. The molecule has 248 valence electrons. The van der Waals surface area contributed by atoms with Crippen LogP contribution in [0.25, 0.3) is 21.9 Å². The monoisotopic (exact) mass is 674 g/mol. The van der Waals surface area contributed by atoms with Crippen LogP contribution >= 0.6 is 6.64 Å². The van der Waals surface area contributed by atoms with Crippen molar-refractivity contribution in [3.05, 3.63) is 54.6 Å². The lowest BCUT2D eigenvalue weighted by molar-refractivity contribution is -0.148. The second-order valence-electron chi connectivity index (χ2n) is 12.7. The molecule has 46 heavy (non-hydrogen) atoms. The highest BCUT2D eigenvalue weighted by atomic mass is 32.5. The quantitative estimate of drug-likeness (QED) is 0.142. The molecule has 2 aromatic heterocycles. The van der Waals surface area contributed by atoms with Crippen LogP contribution in [-0.2, 0) is 30.6 Å². The number of anilines is 1. The highest BCUT2D eigenvalue weighted by molar-refractivity contribution is 8.09. The number of fused-ring (bicyclic) bond motifs is 2. The minimum atomic E-state index is -3.56. The molecule has 0 amide bonds. The number of hydrogen-bond donors (Lipinski definition) is 3. The zero-order chi connectivity index (χ0) is 33.4. The van der Waals surface area contributed by atoms with E-state index in [0.717, 1.165) is 10.8 Å². The molecule has 4 aromatic rings. The summed E-state index contributed by atoms with van der Waals surface area (Å²) >= 11 is 5.92. The summed E-state index contributed by atoms with van der Waals surface area (Å²) in [6.45, 7) is 6.71. The smallest absolute Gasteiger partial charge is 0.323 e. The predicted molar refractivity (Wildman–Crippen MR) is 177 cm³/mol. The molecule has 0 spiro atoms. The topological polar surface area (TPSA) is 142 Å². The van der Waals surface area contributed by atoms with Crippen molar-refractivity contribution in [1.82, 2.24) is 24.6 Å². The number of imidazole rings is 1. The number of rotatable bonds is 11. The van der Waals surface area contributed by atoms with E-state index in [9.17, 15) is 9.90 Å². The van der Waals surface area contributed by atoms with Crippen LogP contribution in [-0.4, -0.2) is 74.8 Å². The normalized spacial score (nSPS) is 23.7. The average molecular weight is 675 g/mol. The molecule has 1 aliphatic heterocycles. The molecule has 5 rings (SSSR count). The van der Waals surface area contributed by atoms with Gasteiger partial charge in [-0.2, -0.15) is 0 Å². The van der Waals surface area contributed by atoms with E-state index in [1.165, 1.54) is 17.8 Å². The Labute approximate surface area is 272 Å². The first-order chi connectivity index (χ1) is 21.6. The van der Waals surface area contributed by atoms with Crippen molar-refractivity contribution in [2.24, 2.45) is 5.41 Å². The molecule has 1 saturated heterocycles. The molecule has 0 saturated carbocycles. The highest BCUT2D eigenvalue weighted by Crippen LogP contribution is 2.49. The van der Waals surface area contributed by atoms with Gasteiger partial charge in [0.1, 0.15) is 29.8 Å². The number of aryl methyl sites for hydroxylation is 1. The van der Waals surface area contributed by atoms with E-state index >= 15 is 4.39 Å². The van der Waals surface area contributed by atoms with Crippen molar-refractivity contribution < 1.29 is 32.8 Å². The van der Waals surface area contributed by atoms with Crippen molar-refractivity contribution in [2.75, 3.05) is 25.6 Å². The largest absolute Gasteiger partial charge is 0.464 e. The first-order valence-electron chi connectivity index (χ1n) is 14.9. The Morgan fingerprint density at radius 2 is 1.96 bits per heavy atom. The van der Waals surface area contributed by atoms with Crippen molar-refractivity contribution in [2.45, 2.75) is 71.7 Å². The van der Waals surface area contributed by atoms with Gasteiger partial charge < -0.3 is 28.9 Å². The summed E-state index contributed by atoms with van der Waals surface area (Å²) in [5, 5.41) is 18.8. The van der Waals surface area contributed by atoms with Gasteiger partial charge in [0, 0.05) is 12.4 Å². The number of nitrogens with one attached hydrogen (secondary N) is 2. The van der Waals surface area contributed by atoms with Gasteiger partial charge in [-0.25, -0.2) is 24.4 Å². The van der Waals surface area contributed by atoms with Gasteiger partial charge in [0.05, 0.1) is 19.5 Å². The Morgan fingerprint density at radius 1 is 1.24 bits per heavy atom. The number of nitrogens with zero attached hydrogens (tertiary/aromatic N) is 4. The Kier molecular flexibility index (Phi) is 9.70. The third-order valence-electron chi connectivity index (χ3n) is 7.47. The van der Waals surface area contributed by atoms with Crippen LogP contribution in [0.5, 0.6) is 5.75 Å². The predicted octanol–water partition coefficient (Wildman–Crippen LogP) is 5.20. The van der Waals surface area contributed by atoms with Crippen molar-refractivity contribution in [1.29, 1.82) is 0 Å². The second-order valence-corrected chi connectivity index (χ2v) is 15.8. The molecule has 0 bridgehead atoms. The lowest BCUT2D eigenvalue weighted by Gasteiger charge is -2.29. The number of alkyl halides is 1. The molecule has 3 heterocycles. The molecule has 0 unspecified atom stereocenters. The van der Waals surface area contributed by atoms with Gasteiger partial charge >= 0.3 is 12.6 Å². The lowest BCUT2D eigenvalue weighted by Crippen LogP contribution is -2.41. The van der Waals surface area contributed by atoms with E-state index in [4.69, 9.17) is 30.3 Å². The third-order valence-corrected chi connectivity index (χ3v) is 9.96. The number of aliphatic hydroxyl groups is 1.